The Morgan fingerprint density at radius 2 is 2.23 bits per heavy atom. The molecular formula is C10H18O3. The highest BCUT2D eigenvalue weighted by atomic mass is 16.5. The summed E-state index contributed by atoms with van der Waals surface area (Å²) in [4.78, 5) is 10.9. The summed E-state index contributed by atoms with van der Waals surface area (Å²) >= 11 is 0. The van der Waals surface area contributed by atoms with Crippen LogP contribution in [0.2, 0.25) is 0 Å². The van der Waals surface area contributed by atoms with Crippen LogP contribution < -0.4 is 0 Å². The number of rotatable bonds is 6. The van der Waals surface area contributed by atoms with Gasteiger partial charge in [-0.1, -0.05) is 13.5 Å². The molecule has 3 nitrogen and oxygen atoms in total. The van der Waals surface area contributed by atoms with Gasteiger partial charge in [0.2, 0.25) is 0 Å². The molecule has 0 heterocycles. The van der Waals surface area contributed by atoms with Gasteiger partial charge >= 0.3 is 5.97 Å². The quantitative estimate of drug-likeness (QED) is 0.390. The molecule has 0 aromatic carbocycles. The second-order valence-electron chi connectivity index (χ2n) is 3.12. The van der Waals surface area contributed by atoms with Gasteiger partial charge < -0.3 is 9.84 Å². The van der Waals surface area contributed by atoms with Gasteiger partial charge in [0.1, 0.15) is 0 Å². The van der Waals surface area contributed by atoms with E-state index >= 15 is 0 Å². The van der Waals surface area contributed by atoms with Crippen LogP contribution >= 0.6 is 0 Å². The van der Waals surface area contributed by atoms with Crippen molar-refractivity contribution in [2.24, 2.45) is 0 Å². The fraction of sp³-hybridized carbons (Fsp3) is 0.700. The molecule has 0 aromatic heterocycles. The van der Waals surface area contributed by atoms with Crippen LogP contribution in [0.15, 0.2) is 12.2 Å². The Balaban J connectivity index is 3.36. The molecule has 3 heteroatoms. The number of ether oxygens (including phenoxy) is 1. The lowest BCUT2D eigenvalue weighted by Crippen LogP contribution is -2.09. The van der Waals surface area contributed by atoms with Crippen molar-refractivity contribution in [2.45, 2.75) is 39.2 Å². The maximum atomic E-state index is 10.9. The predicted molar refractivity (Wildman–Crippen MR) is 51.3 cm³/mol. The maximum absolute atomic E-state index is 10.9. The van der Waals surface area contributed by atoms with E-state index in [9.17, 15) is 9.90 Å². The van der Waals surface area contributed by atoms with Crippen LogP contribution in [-0.4, -0.2) is 23.8 Å². The van der Waals surface area contributed by atoms with Gasteiger partial charge in [0.05, 0.1) is 12.7 Å². The van der Waals surface area contributed by atoms with E-state index < -0.39 is 0 Å². The van der Waals surface area contributed by atoms with Crippen molar-refractivity contribution in [3.8, 4) is 0 Å². The predicted octanol–water partition coefficient (Wildman–Crippen LogP) is 1.66. The van der Waals surface area contributed by atoms with E-state index in [4.69, 9.17) is 4.74 Å². The summed E-state index contributed by atoms with van der Waals surface area (Å²) in [7, 11) is 0. The van der Waals surface area contributed by atoms with Crippen LogP contribution in [0.4, 0.5) is 0 Å². The van der Waals surface area contributed by atoms with Gasteiger partial charge in [0.15, 0.2) is 0 Å². The number of carbonyl (C=O) groups is 1. The average Bonchev–Trinajstić information content (AvgIpc) is 2.11. The van der Waals surface area contributed by atoms with Crippen LogP contribution in [0.1, 0.15) is 33.1 Å². The molecule has 0 aromatic rings. The van der Waals surface area contributed by atoms with E-state index in [-0.39, 0.29) is 12.1 Å². The van der Waals surface area contributed by atoms with Gasteiger partial charge in [0.25, 0.3) is 0 Å². The molecule has 76 valence electrons. The molecule has 0 bridgehead atoms. The largest absolute Gasteiger partial charge is 0.462 e. The van der Waals surface area contributed by atoms with Crippen molar-refractivity contribution in [3.05, 3.63) is 12.2 Å². The Labute approximate surface area is 79.4 Å². The van der Waals surface area contributed by atoms with E-state index in [1.807, 2.05) is 6.92 Å². The summed E-state index contributed by atoms with van der Waals surface area (Å²) < 4.78 is 4.85. The minimum atomic E-state index is -0.356. The fourth-order valence-corrected chi connectivity index (χ4v) is 0.811. The number of aliphatic hydroxyl groups is 1. The average molecular weight is 186 g/mol. The summed E-state index contributed by atoms with van der Waals surface area (Å²) in [6, 6.07) is 0. The Morgan fingerprint density at radius 3 is 2.69 bits per heavy atom. The Hall–Kier alpha value is -0.830. The second-order valence-corrected chi connectivity index (χ2v) is 3.12. The van der Waals surface area contributed by atoms with E-state index in [0.717, 1.165) is 6.42 Å². The molecule has 13 heavy (non-hydrogen) atoms. The lowest BCUT2D eigenvalue weighted by atomic mass is 10.1. The molecule has 1 unspecified atom stereocenters. The van der Waals surface area contributed by atoms with Crippen molar-refractivity contribution in [1.29, 1.82) is 0 Å². The van der Waals surface area contributed by atoms with Gasteiger partial charge in [-0.2, -0.15) is 0 Å². The van der Waals surface area contributed by atoms with Crippen LogP contribution in [0.3, 0.4) is 0 Å². The van der Waals surface area contributed by atoms with Crippen LogP contribution in [0.5, 0.6) is 0 Å². The standard InChI is InChI=1S/C10H18O3/c1-4-9(11)6-5-7-13-10(12)8(2)3/h9,11H,2,4-7H2,1,3H3. The van der Waals surface area contributed by atoms with Crippen LogP contribution in [-0.2, 0) is 9.53 Å². The van der Waals surface area contributed by atoms with Gasteiger partial charge in [0, 0.05) is 5.57 Å². The molecular weight excluding hydrogens is 168 g/mol. The summed E-state index contributed by atoms with van der Waals surface area (Å²) in [6.45, 7) is 7.36. The van der Waals surface area contributed by atoms with Gasteiger partial charge in [-0.15, -0.1) is 0 Å². The molecule has 0 saturated heterocycles. The lowest BCUT2D eigenvalue weighted by molar-refractivity contribution is -0.139. The molecule has 0 spiro atoms. The summed E-state index contributed by atoms with van der Waals surface area (Å²) in [5.74, 6) is -0.356. The third kappa shape index (κ3) is 6.34. The zero-order chi connectivity index (χ0) is 10.3. The topological polar surface area (TPSA) is 46.5 Å². The first-order valence-corrected chi connectivity index (χ1v) is 4.58. The first kappa shape index (κ1) is 12.2. The number of esters is 1. The smallest absolute Gasteiger partial charge is 0.333 e. The molecule has 0 saturated carbocycles. The highest BCUT2D eigenvalue weighted by Crippen LogP contribution is 2.02. The van der Waals surface area contributed by atoms with E-state index in [1.54, 1.807) is 6.92 Å². The molecule has 1 atom stereocenters. The van der Waals surface area contributed by atoms with Gasteiger partial charge in [-0.05, 0) is 26.2 Å². The summed E-state index contributed by atoms with van der Waals surface area (Å²) in [5.41, 5.74) is 0.413. The Bertz CT molecular complexity index is 175. The Kier molecular flexibility index (Phi) is 6.24. The highest BCUT2D eigenvalue weighted by molar-refractivity contribution is 5.86. The molecule has 0 aliphatic rings. The van der Waals surface area contributed by atoms with Gasteiger partial charge in [-0.3, -0.25) is 0 Å². The molecule has 0 fully saturated rings. The minimum Gasteiger partial charge on any atom is -0.462 e. The number of aliphatic hydroxyl groups excluding tert-OH is 1. The molecule has 0 aliphatic heterocycles. The van der Waals surface area contributed by atoms with E-state index in [2.05, 4.69) is 6.58 Å². The fourth-order valence-electron chi connectivity index (χ4n) is 0.811. The van der Waals surface area contributed by atoms with Crippen molar-refractivity contribution in [3.63, 3.8) is 0 Å². The number of hydrogen-bond donors (Lipinski definition) is 1. The molecule has 0 aliphatic carbocycles. The molecule has 0 radical (unpaired) electrons. The number of hydrogen-bond acceptors (Lipinski definition) is 3. The number of carbonyl (C=O) groups excluding carboxylic acids is 1. The van der Waals surface area contributed by atoms with Crippen molar-refractivity contribution in [1.82, 2.24) is 0 Å². The Morgan fingerprint density at radius 1 is 1.62 bits per heavy atom. The molecule has 1 N–H and O–H groups in total. The third-order valence-corrected chi connectivity index (χ3v) is 1.73. The minimum absolute atomic E-state index is 0.275. The van der Waals surface area contributed by atoms with E-state index in [1.165, 1.54) is 0 Å². The van der Waals surface area contributed by atoms with Crippen molar-refractivity contribution in [2.75, 3.05) is 6.61 Å². The molecule has 0 amide bonds. The first-order chi connectivity index (χ1) is 6.07. The van der Waals surface area contributed by atoms with Gasteiger partial charge in [-0.25, -0.2) is 4.79 Å². The second kappa shape index (κ2) is 6.66. The normalized spacial score (nSPS) is 12.2. The SMILES string of the molecule is C=C(C)C(=O)OCCCC(O)CC. The summed E-state index contributed by atoms with van der Waals surface area (Å²) in [5, 5.41) is 9.17. The van der Waals surface area contributed by atoms with Crippen LogP contribution in [0.25, 0.3) is 0 Å². The zero-order valence-corrected chi connectivity index (χ0v) is 8.38. The molecule has 0 rings (SSSR count). The highest BCUT2D eigenvalue weighted by Gasteiger charge is 2.04. The third-order valence-electron chi connectivity index (χ3n) is 1.73. The lowest BCUT2D eigenvalue weighted by Gasteiger charge is -2.07. The maximum Gasteiger partial charge on any atom is 0.333 e. The first-order valence-electron chi connectivity index (χ1n) is 4.58. The van der Waals surface area contributed by atoms with E-state index in [0.29, 0.717) is 25.0 Å². The van der Waals surface area contributed by atoms with Crippen molar-refractivity contribution >= 4 is 5.97 Å². The monoisotopic (exact) mass is 186 g/mol. The summed E-state index contributed by atoms with van der Waals surface area (Å²) in [6.07, 6.45) is 1.85. The van der Waals surface area contributed by atoms with Crippen LogP contribution in [0, 0.1) is 0 Å². The zero-order valence-electron chi connectivity index (χ0n) is 8.38. The van der Waals surface area contributed by atoms with Crippen molar-refractivity contribution < 1.29 is 14.6 Å².